The van der Waals surface area contributed by atoms with E-state index >= 15 is 0 Å². The van der Waals surface area contributed by atoms with Crippen LogP contribution in [0.2, 0.25) is 0 Å². The van der Waals surface area contributed by atoms with Crippen molar-refractivity contribution in [2.24, 2.45) is 0 Å². The number of hydrogen-bond acceptors (Lipinski definition) is 7. The first kappa shape index (κ1) is 24.4. The number of ether oxygens (including phenoxy) is 1. The molecule has 32 heavy (non-hydrogen) atoms. The van der Waals surface area contributed by atoms with Crippen molar-refractivity contribution in [2.45, 2.75) is 46.5 Å². The number of nitrogens with zero attached hydrogens (tertiary/aromatic N) is 3. The highest BCUT2D eigenvalue weighted by molar-refractivity contribution is 8.26. The summed E-state index contributed by atoms with van der Waals surface area (Å²) in [5, 5.41) is 3.26. The number of anilines is 1. The molecule has 2 aromatic heterocycles. The molecule has 0 atom stereocenters. The molecule has 9 heteroatoms. The lowest BCUT2D eigenvalue weighted by Crippen LogP contribution is -2.29. The lowest BCUT2D eigenvalue weighted by molar-refractivity contribution is -0.122. The van der Waals surface area contributed by atoms with Crippen LogP contribution < -0.4 is 10.9 Å². The van der Waals surface area contributed by atoms with Gasteiger partial charge in [-0.1, -0.05) is 49.8 Å². The minimum absolute atomic E-state index is 0.146. The van der Waals surface area contributed by atoms with E-state index in [1.165, 1.54) is 16.2 Å². The van der Waals surface area contributed by atoms with Crippen molar-refractivity contribution in [3.05, 3.63) is 44.7 Å². The number of thiocarbonyl (C=S) groups is 1. The van der Waals surface area contributed by atoms with Crippen LogP contribution in [0.15, 0.2) is 28.0 Å². The lowest BCUT2D eigenvalue weighted by atomic mass is 10.2. The molecule has 3 rings (SSSR count). The molecule has 1 saturated heterocycles. The maximum Gasteiger partial charge on any atom is 0.267 e. The summed E-state index contributed by atoms with van der Waals surface area (Å²) in [5.41, 5.74) is 1.64. The van der Waals surface area contributed by atoms with E-state index in [0.29, 0.717) is 52.6 Å². The van der Waals surface area contributed by atoms with Gasteiger partial charge in [-0.2, -0.15) is 0 Å². The van der Waals surface area contributed by atoms with Crippen molar-refractivity contribution in [1.82, 2.24) is 14.3 Å². The first-order chi connectivity index (χ1) is 15.5. The first-order valence-electron chi connectivity index (χ1n) is 11.1. The standard InChI is InChI=1S/C23H30N4O3S2/c1-4-6-7-12-26-22(29)18(32-23(26)31)14-17-20(24-11-8-13-30-5-2)25-19-10-9-16(3)15-27(19)21(17)28/h9-10,14-15,24H,4-8,11-13H2,1-3H3. The molecule has 0 saturated carbocycles. The summed E-state index contributed by atoms with van der Waals surface area (Å²) in [7, 11) is 0. The van der Waals surface area contributed by atoms with Crippen molar-refractivity contribution >= 4 is 51.7 Å². The number of hydrogen-bond donors (Lipinski definition) is 1. The number of aryl methyl sites for hydroxylation is 1. The SMILES string of the molecule is CCCCCN1C(=O)C(=Cc2c(NCCCOCC)nc3ccc(C)cn3c2=O)SC1=S. The van der Waals surface area contributed by atoms with E-state index in [0.717, 1.165) is 31.2 Å². The van der Waals surface area contributed by atoms with Crippen molar-refractivity contribution in [3.8, 4) is 0 Å². The minimum Gasteiger partial charge on any atom is -0.382 e. The van der Waals surface area contributed by atoms with E-state index in [1.54, 1.807) is 17.2 Å². The quantitative estimate of drug-likeness (QED) is 0.297. The van der Waals surface area contributed by atoms with Crippen LogP contribution in [-0.4, -0.2) is 50.8 Å². The molecule has 0 unspecified atom stereocenters. The van der Waals surface area contributed by atoms with E-state index in [9.17, 15) is 9.59 Å². The monoisotopic (exact) mass is 474 g/mol. The van der Waals surface area contributed by atoms with Gasteiger partial charge in [0, 0.05) is 32.5 Å². The zero-order valence-corrected chi connectivity index (χ0v) is 20.5. The molecule has 1 fully saturated rings. The summed E-state index contributed by atoms with van der Waals surface area (Å²) in [6, 6.07) is 3.74. The van der Waals surface area contributed by atoms with Gasteiger partial charge in [0.1, 0.15) is 15.8 Å². The normalized spacial score (nSPS) is 15.3. The Kier molecular flexibility index (Phi) is 8.84. The molecule has 3 heterocycles. The van der Waals surface area contributed by atoms with Gasteiger partial charge >= 0.3 is 0 Å². The molecule has 0 aromatic carbocycles. The third kappa shape index (κ3) is 5.76. The van der Waals surface area contributed by atoms with Crippen LogP contribution in [0.5, 0.6) is 0 Å². The van der Waals surface area contributed by atoms with Crippen LogP contribution >= 0.6 is 24.0 Å². The zero-order valence-electron chi connectivity index (χ0n) is 18.8. The first-order valence-corrected chi connectivity index (χ1v) is 12.3. The maximum absolute atomic E-state index is 13.4. The van der Waals surface area contributed by atoms with Gasteiger partial charge in [-0.25, -0.2) is 4.98 Å². The van der Waals surface area contributed by atoms with Gasteiger partial charge in [-0.05, 0) is 44.4 Å². The molecule has 2 aromatic rings. The minimum atomic E-state index is -0.220. The summed E-state index contributed by atoms with van der Waals surface area (Å²) in [4.78, 5) is 33.1. The zero-order chi connectivity index (χ0) is 23.1. The molecule has 7 nitrogen and oxygen atoms in total. The average Bonchev–Trinajstić information content (AvgIpc) is 3.04. The number of rotatable bonds is 11. The van der Waals surface area contributed by atoms with Crippen molar-refractivity contribution < 1.29 is 9.53 Å². The van der Waals surface area contributed by atoms with Crippen molar-refractivity contribution in [2.75, 3.05) is 31.6 Å². The van der Waals surface area contributed by atoms with Crippen LogP contribution in [0.25, 0.3) is 11.7 Å². The van der Waals surface area contributed by atoms with Gasteiger partial charge in [0.25, 0.3) is 11.5 Å². The van der Waals surface area contributed by atoms with Gasteiger partial charge in [-0.15, -0.1) is 0 Å². The summed E-state index contributed by atoms with van der Waals surface area (Å²) in [6.07, 6.45) is 7.19. The Balaban J connectivity index is 1.95. The van der Waals surface area contributed by atoms with Crippen LogP contribution in [0.4, 0.5) is 5.82 Å². The van der Waals surface area contributed by atoms with Crippen LogP contribution in [0.3, 0.4) is 0 Å². The number of carbonyl (C=O) groups excluding carboxylic acids is 1. The topological polar surface area (TPSA) is 75.9 Å². The van der Waals surface area contributed by atoms with Crippen LogP contribution in [0, 0.1) is 6.92 Å². The van der Waals surface area contributed by atoms with Gasteiger partial charge in [-0.3, -0.25) is 18.9 Å². The molecule has 0 radical (unpaired) electrons. The highest BCUT2D eigenvalue weighted by Crippen LogP contribution is 2.33. The molecule has 1 aliphatic rings. The molecular formula is C23H30N4O3S2. The molecular weight excluding hydrogens is 444 g/mol. The van der Waals surface area contributed by atoms with Gasteiger partial charge in [0.2, 0.25) is 0 Å². The van der Waals surface area contributed by atoms with Gasteiger partial charge in [0.05, 0.1) is 10.5 Å². The number of carbonyl (C=O) groups is 1. The highest BCUT2D eigenvalue weighted by atomic mass is 32.2. The second-order valence-corrected chi connectivity index (χ2v) is 9.31. The fourth-order valence-corrected chi connectivity index (χ4v) is 4.68. The third-order valence-electron chi connectivity index (χ3n) is 5.10. The summed E-state index contributed by atoms with van der Waals surface area (Å²) >= 11 is 6.67. The summed E-state index contributed by atoms with van der Waals surface area (Å²) < 4.78 is 7.45. The van der Waals surface area contributed by atoms with E-state index in [2.05, 4.69) is 17.2 Å². The molecule has 172 valence electrons. The highest BCUT2D eigenvalue weighted by Gasteiger charge is 2.32. The Morgan fingerprint density at radius 1 is 1.22 bits per heavy atom. The van der Waals surface area contributed by atoms with E-state index in [4.69, 9.17) is 17.0 Å². The second kappa shape index (κ2) is 11.6. The molecule has 0 spiro atoms. The predicted octanol–water partition coefficient (Wildman–Crippen LogP) is 4.23. The molecule has 1 N–H and O–H groups in total. The summed E-state index contributed by atoms with van der Waals surface area (Å²) in [5.74, 6) is 0.318. The molecule has 1 aliphatic heterocycles. The Bertz CT molecular complexity index is 1080. The second-order valence-electron chi connectivity index (χ2n) is 7.63. The number of thioether (sulfide) groups is 1. The number of pyridine rings is 1. The Labute approximate surface area is 198 Å². The van der Waals surface area contributed by atoms with Crippen LogP contribution in [-0.2, 0) is 9.53 Å². The fourth-order valence-electron chi connectivity index (χ4n) is 3.39. The smallest absolute Gasteiger partial charge is 0.267 e. The van der Waals surface area contributed by atoms with Crippen molar-refractivity contribution in [1.29, 1.82) is 0 Å². The number of nitrogens with one attached hydrogen (secondary N) is 1. The van der Waals surface area contributed by atoms with E-state index in [-0.39, 0.29) is 11.5 Å². The molecule has 0 aliphatic carbocycles. The third-order valence-corrected chi connectivity index (χ3v) is 6.48. The Morgan fingerprint density at radius 3 is 2.78 bits per heavy atom. The largest absolute Gasteiger partial charge is 0.382 e. The molecule has 1 amide bonds. The maximum atomic E-state index is 13.4. The summed E-state index contributed by atoms with van der Waals surface area (Å²) in [6.45, 7) is 8.50. The number of aromatic nitrogens is 2. The molecule has 0 bridgehead atoms. The number of fused-ring (bicyclic) bond motifs is 1. The van der Waals surface area contributed by atoms with Gasteiger partial charge in [0.15, 0.2) is 0 Å². The Morgan fingerprint density at radius 2 is 2.03 bits per heavy atom. The number of unbranched alkanes of at least 4 members (excludes halogenated alkanes) is 2. The van der Waals surface area contributed by atoms with Gasteiger partial charge < -0.3 is 10.1 Å². The average molecular weight is 475 g/mol. The van der Waals surface area contributed by atoms with Crippen LogP contribution in [0.1, 0.15) is 50.7 Å². The Hall–Kier alpha value is -2.23. The van der Waals surface area contributed by atoms with E-state index in [1.807, 2.05) is 26.0 Å². The predicted molar refractivity (Wildman–Crippen MR) is 135 cm³/mol. The fraction of sp³-hybridized carbons (Fsp3) is 0.478. The van der Waals surface area contributed by atoms with E-state index < -0.39 is 0 Å². The lowest BCUT2D eigenvalue weighted by Gasteiger charge is -2.13. The van der Waals surface area contributed by atoms with Crippen molar-refractivity contribution in [3.63, 3.8) is 0 Å². The number of amides is 1.